The molecule has 2 aromatic carbocycles. The van der Waals surface area contributed by atoms with E-state index in [0.29, 0.717) is 17.8 Å². The van der Waals surface area contributed by atoms with Crippen LogP contribution in [-0.2, 0) is 23.2 Å². The average molecular weight is 425 g/mol. The van der Waals surface area contributed by atoms with Crippen LogP contribution in [0.1, 0.15) is 32.0 Å². The van der Waals surface area contributed by atoms with Gasteiger partial charge in [-0.3, -0.25) is 14.6 Å². The van der Waals surface area contributed by atoms with Crippen molar-refractivity contribution >= 4 is 21.8 Å². The third-order valence-electron chi connectivity index (χ3n) is 4.20. The van der Waals surface area contributed by atoms with E-state index in [9.17, 15) is 18.0 Å². The minimum absolute atomic E-state index is 0.0349. The van der Waals surface area contributed by atoms with Crippen LogP contribution in [0, 0.1) is 0 Å². The number of nitrogens with zero attached hydrogens (tertiary/aromatic N) is 1. The first-order chi connectivity index (χ1) is 14.4. The number of nitrogens with one attached hydrogen (secondary N) is 2. The zero-order valence-electron chi connectivity index (χ0n) is 15.8. The van der Waals surface area contributed by atoms with Crippen molar-refractivity contribution < 1.29 is 23.1 Å². The quantitative estimate of drug-likeness (QED) is 0.528. The molecule has 0 aliphatic heterocycles. The fourth-order valence-corrected chi connectivity index (χ4v) is 3.53. The summed E-state index contributed by atoms with van der Waals surface area (Å²) >= 11 is 0. The molecule has 9 heteroatoms. The summed E-state index contributed by atoms with van der Waals surface area (Å²) < 4.78 is 26.8. The Labute approximate surface area is 173 Å². The average Bonchev–Trinajstić information content (AvgIpc) is 2.78. The van der Waals surface area contributed by atoms with E-state index in [1.54, 1.807) is 0 Å². The van der Waals surface area contributed by atoms with Gasteiger partial charge in [-0.05, 0) is 42.0 Å². The van der Waals surface area contributed by atoms with Crippen LogP contribution in [0.2, 0.25) is 0 Å². The second-order valence-corrected chi connectivity index (χ2v) is 8.01. The second kappa shape index (κ2) is 9.29. The van der Waals surface area contributed by atoms with Crippen molar-refractivity contribution in [2.45, 2.75) is 18.0 Å². The first kappa shape index (κ1) is 21.2. The highest BCUT2D eigenvalue weighted by atomic mass is 32.2. The van der Waals surface area contributed by atoms with Crippen molar-refractivity contribution in [1.29, 1.82) is 0 Å². The molecule has 1 heterocycles. The van der Waals surface area contributed by atoms with Crippen LogP contribution in [0.3, 0.4) is 0 Å². The Morgan fingerprint density at radius 2 is 1.53 bits per heavy atom. The van der Waals surface area contributed by atoms with Gasteiger partial charge in [0.25, 0.3) is 21.8 Å². The van der Waals surface area contributed by atoms with E-state index in [1.807, 2.05) is 35.1 Å². The maximum absolute atomic E-state index is 12.4. The van der Waals surface area contributed by atoms with Gasteiger partial charge in [-0.15, -0.1) is 0 Å². The van der Waals surface area contributed by atoms with Crippen molar-refractivity contribution in [2.75, 3.05) is 0 Å². The van der Waals surface area contributed by atoms with Crippen molar-refractivity contribution in [2.24, 2.45) is 0 Å². The van der Waals surface area contributed by atoms with Crippen LogP contribution in [0.25, 0.3) is 0 Å². The molecule has 0 aliphatic carbocycles. The smallest absolute Gasteiger partial charge is 0.266 e. The van der Waals surface area contributed by atoms with E-state index in [2.05, 4.69) is 10.3 Å². The van der Waals surface area contributed by atoms with Crippen molar-refractivity contribution in [3.8, 4) is 0 Å². The molecule has 3 aromatic rings. The third kappa shape index (κ3) is 5.28. The van der Waals surface area contributed by atoms with Crippen molar-refractivity contribution in [3.63, 3.8) is 0 Å². The maximum Gasteiger partial charge on any atom is 0.266 e. The Bertz CT molecular complexity index is 1130. The molecule has 0 bridgehead atoms. The van der Waals surface area contributed by atoms with Gasteiger partial charge in [-0.25, -0.2) is 13.1 Å². The first-order valence-corrected chi connectivity index (χ1v) is 10.4. The van der Waals surface area contributed by atoms with E-state index in [-0.39, 0.29) is 23.0 Å². The number of carbonyl (C=O) groups excluding carboxylic acids is 2. The number of rotatable bonds is 7. The Balaban J connectivity index is 1.64. The molecule has 2 amide bonds. The van der Waals surface area contributed by atoms with Crippen LogP contribution in [0.15, 0.2) is 77.8 Å². The van der Waals surface area contributed by atoms with Gasteiger partial charge in [-0.2, -0.15) is 0 Å². The lowest BCUT2D eigenvalue weighted by Gasteiger charge is -2.09. The Kier molecular flexibility index (Phi) is 6.55. The lowest BCUT2D eigenvalue weighted by molar-refractivity contribution is 0.0948. The lowest BCUT2D eigenvalue weighted by Crippen LogP contribution is -2.30. The summed E-state index contributed by atoms with van der Waals surface area (Å²) in [6.07, 6.45) is 1.18. The summed E-state index contributed by atoms with van der Waals surface area (Å²) in [5.74, 6) is -1.20. The number of aliphatic hydroxyl groups excluding tert-OH is 1. The SMILES string of the molecule is O=C(NCc1ccccc1)c1ccc(S(=O)(=O)NC(=O)c2ccc(CO)nc2)cc1. The van der Waals surface area contributed by atoms with E-state index >= 15 is 0 Å². The molecular formula is C21H19N3O5S. The maximum atomic E-state index is 12.4. The number of pyridine rings is 1. The summed E-state index contributed by atoms with van der Waals surface area (Å²) in [6, 6.07) is 17.4. The molecule has 0 unspecified atom stereocenters. The number of aliphatic hydroxyl groups is 1. The third-order valence-corrected chi connectivity index (χ3v) is 5.55. The molecule has 0 saturated carbocycles. The van der Waals surface area contributed by atoms with Crippen LogP contribution in [-0.4, -0.2) is 30.3 Å². The Hall–Kier alpha value is -3.56. The summed E-state index contributed by atoms with van der Waals surface area (Å²) in [7, 11) is -4.13. The van der Waals surface area contributed by atoms with E-state index < -0.39 is 15.9 Å². The molecule has 0 spiro atoms. The number of amides is 2. The summed E-state index contributed by atoms with van der Waals surface area (Å²) in [5, 5.41) is 11.7. The lowest BCUT2D eigenvalue weighted by atomic mass is 10.2. The molecule has 1 aromatic heterocycles. The molecule has 3 N–H and O–H groups in total. The molecule has 30 heavy (non-hydrogen) atoms. The van der Waals surface area contributed by atoms with Gasteiger partial charge in [0.05, 0.1) is 22.8 Å². The number of aromatic nitrogens is 1. The molecule has 0 radical (unpaired) electrons. The van der Waals surface area contributed by atoms with E-state index in [4.69, 9.17) is 5.11 Å². The second-order valence-electron chi connectivity index (χ2n) is 6.32. The predicted molar refractivity (Wildman–Crippen MR) is 109 cm³/mol. The largest absolute Gasteiger partial charge is 0.390 e. The van der Waals surface area contributed by atoms with Gasteiger partial charge in [-0.1, -0.05) is 30.3 Å². The topological polar surface area (TPSA) is 125 Å². The highest BCUT2D eigenvalue weighted by molar-refractivity contribution is 7.90. The Morgan fingerprint density at radius 3 is 2.13 bits per heavy atom. The van der Waals surface area contributed by atoms with E-state index in [0.717, 1.165) is 5.56 Å². The van der Waals surface area contributed by atoms with Crippen LogP contribution in [0.5, 0.6) is 0 Å². The standard InChI is InChI=1S/C21H19N3O5S/c25-14-18-9-6-17(13-22-18)21(27)24-30(28,29)19-10-7-16(8-11-19)20(26)23-12-15-4-2-1-3-5-15/h1-11,13,25H,12,14H2,(H,23,26)(H,24,27). The molecule has 154 valence electrons. The van der Waals surface area contributed by atoms with Gasteiger partial charge in [0.1, 0.15) is 0 Å². The highest BCUT2D eigenvalue weighted by Gasteiger charge is 2.19. The van der Waals surface area contributed by atoms with Crippen molar-refractivity contribution in [3.05, 3.63) is 95.3 Å². The van der Waals surface area contributed by atoms with Gasteiger partial charge >= 0.3 is 0 Å². The monoisotopic (exact) mass is 425 g/mol. The van der Waals surface area contributed by atoms with Crippen molar-refractivity contribution in [1.82, 2.24) is 15.0 Å². The number of sulfonamides is 1. The summed E-state index contributed by atoms with van der Waals surface area (Å²) in [5.41, 5.74) is 1.62. The number of hydrogen-bond donors (Lipinski definition) is 3. The van der Waals surface area contributed by atoms with E-state index in [1.165, 1.54) is 42.6 Å². The normalized spacial score (nSPS) is 11.0. The summed E-state index contributed by atoms with van der Waals surface area (Å²) in [6.45, 7) is 0.0599. The zero-order chi connectivity index (χ0) is 21.6. The molecule has 0 fully saturated rings. The molecule has 8 nitrogen and oxygen atoms in total. The van der Waals surface area contributed by atoms with Crippen LogP contribution in [0.4, 0.5) is 0 Å². The van der Waals surface area contributed by atoms with Crippen LogP contribution < -0.4 is 10.0 Å². The minimum Gasteiger partial charge on any atom is -0.390 e. The number of benzene rings is 2. The number of carbonyl (C=O) groups is 2. The molecule has 0 atom stereocenters. The minimum atomic E-state index is -4.13. The zero-order valence-corrected chi connectivity index (χ0v) is 16.6. The number of hydrogen-bond acceptors (Lipinski definition) is 6. The summed E-state index contributed by atoms with van der Waals surface area (Å²) in [4.78, 5) is 28.1. The molecule has 0 aliphatic rings. The molecule has 3 rings (SSSR count). The van der Waals surface area contributed by atoms with Crippen LogP contribution >= 0.6 is 0 Å². The van der Waals surface area contributed by atoms with Gasteiger partial charge in [0, 0.05) is 18.3 Å². The fraction of sp³-hybridized carbons (Fsp3) is 0.0952. The first-order valence-electron chi connectivity index (χ1n) is 8.94. The predicted octanol–water partition coefficient (Wildman–Crippen LogP) is 1.62. The highest BCUT2D eigenvalue weighted by Crippen LogP contribution is 2.12. The van der Waals surface area contributed by atoms with Gasteiger partial charge in [0.15, 0.2) is 0 Å². The van der Waals surface area contributed by atoms with Gasteiger partial charge in [0.2, 0.25) is 0 Å². The fourth-order valence-electron chi connectivity index (χ4n) is 2.56. The van der Waals surface area contributed by atoms with Gasteiger partial charge < -0.3 is 10.4 Å². The molecule has 0 saturated heterocycles. The molecular weight excluding hydrogens is 406 g/mol. The Morgan fingerprint density at radius 1 is 0.867 bits per heavy atom.